The third-order valence-electron chi connectivity index (χ3n) is 3.92. The summed E-state index contributed by atoms with van der Waals surface area (Å²) in [5.74, 6) is -0.257. The molecule has 1 amide bonds. The van der Waals surface area contributed by atoms with E-state index in [1.165, 1.54) is 6.07 Å². The number of hydrogen-bond acceptors (Lipinski definition) is 6. The maximum absolute atomic E-state index is 12.7. The van der Waals surface area contributed by atoms with Crippen molar-refractivity contribution >= 4 is 28.6 Å². The highest BCUT2D eigenvalue weighted by atomic mass is 32.1. The fourth-order valence-electron chi connectivity index (χ4n) is 2.35. The summed E-state index contributed by atoms with van der Waals surface area (Å²) in [6, 6.07) is 8.26. The van der Waals surface area contributed by atoms with Crippen LogP contribution in [0.5, 0.6) is 0 Å². The number of rotatable bonds is 8. The minimum Gasteiger partial charge on any atom is -0.383 e. The number of benzene rings is 1. The largest absolute Gasteiger partial charge is 0.383 e. The molecule has 1 atom stereocenters. The average Bonchev–Trinajstić information content (AvgIpc) is 3.14. The third kappa shape index (κ3) is 4.55. The lowest BCUT2D eigenvalue weighted by Crippen LogP contribution is -2.29. The van der Waals surface area contributed by atoms with Crippen LogP contribution < -0.4 is 5.32 Å². The Hall–Kier alpha value is -2.45. The molecule has 8 heteroatoms. The fraction of sp³-hybridized carbons (Fsp3) is 0.353. The van der Waals surface area contributed by atoms with Crippen LogP contribution in [0.25, 0.3) is 0 Å². The van der Waals surface area contributed by atoms with Crippen molar-refractivity contribution in [1.82, 2.24) is 4.90 Å². The number of ether oxygens (including phenoxy) is 1. The number of nitrogens with zero attached hydrogens (tertiary/aromatic N) is 2. The summed E-state index contributed by atoms with van der Waals surface area (Å²) < 4.78 is 4.93. The lowest BCUT2D eigenvalue weighted by atomic mass is 10.1. The fourth-order valence-corrected chi connectivity index (χ4v) is 3.18. The molecule has 0 saturated carbocycles. The SMILES string of the molecule is COCCNc1ccc(C(=O)N(C)[C@H](C)c2cccs2)cc1[N+](=O)[O-]. The van der Waals surface area contributed by atoms with Gasteiger partial charge in [-0.15, -0.1) is 11.3 Å². The Morgan fingerprint density at radius 2 is 2.20 bits per heavy atom. The zero-order chi connectivity index (χ0) is 18.4. The van der Waals surface area contributed by atoms with Crippen molar-refractivity contribution in [1.29, 1.82) is 0 Å². The third-order valence-corrected chi connectivity index (χ3v) is 4.96. The van der Waals surface area contributed by atoms with Gasteiger partial charge >= 0.3 is 0 Å². The number of amides is 1. The lowest BCUT2D eigenvalue weighted by Gasteiger charge is -2.24. The van der Waals surface area contributed by atoms with E-state index in [1.807, 2.05) is 24.4 Å². The van der Waals surface area contributed by atoms with Crippen LogP contribution in [0, 0.1) is 10.1 Å². The Morgan fingerprint density at radius 1 is 1.44 bits per heavy atom. The second kappa shape index (κ2) is 8.59. The summed E-state index contributed by atoms with van der Waals surface area (Å²) in [5.41, 5.74) is 0.529. The molecule has 0 spiro atoms. The number of methoxy groups -OCH3 is 1. The summed E-state index contributed by atoms with van der Waals surface area (Å²) in [6.07, 6.45) is 0. The van der Waals surface area contributed by atoms with E-state index in [4.69, 9.17) is 4.74 Å². The number of thiophene rings is 1. The van der Waals surface area contributed by atoms with Gasteiger partial charge in [-0.1, -0.05) is 6.07 Å². The Bertz CT molecular complexity index is 733. The molecule has 7 nitrogen and oxygen atoms in total. The van der Waals surface area contributed by atoms with E-state index in [-0.39, 0.29) is 23.2 Å². The molecular weight excluding hydrogens is 342 g/mol. The van der Waals surface area contributed by atoms with Crippen LogP contribution in [0.1, 0.15) is 28.2 Å². The Kier molecular flexibility index (Phi) is 6.49. The second-order valence-electron chi connectivity index (χ2n) is 5.52. The Labute approximate surface area is 150 Å². The first-order valence-electron chi connectivity index (χ1n) is 7.77. The van der Waals surface area contributed by atoms with Crippen molar-refractivity contribution in [3.63, 3.8) is 0 Å². The lowest BCUT2D eigenvalue weighted by molar-refractivity contribution is -0.384. The number of hydrogen-bond donors (Lipinski definition) is 1. The summed E-state index contributed by atoms with van der Waals surface area (Å²) >= 11 is 1.57. The molecule has 0 saturated heterocycles. The first kappa shape index (κ1) is 18.9. The maximum atomic E-state index is 12.7. The molecule has 1 N–H and O–H groups in total. The molecule has 0 aliphatic rings. The predicted octanol–water partition coefficient (Wildman–Crippen LogP) is 3.55. The van der Waals surface area contributed by atoms with E-state index >= 15 is 0 Å². The molecule has 0 aliphatic heterocycles. The summed E-state index contributed by atoms with van der Waals surface area (Å²) in [5, 5.41) is 16.2. The van der Waals surface area contributed by atoms with E-state index in [0.717, 1.165) is 4.88 Å². The minimum atomic E-state index is -0.491. The molecule has 0 bridgehead atoms. The summed E-state index contributed by atoms with van der Waals surface area (Å²) in [7, 11) is 3.26. The van der Waals surface area contributed by atoms with Gasteiger partial charge in [0.2, 0.25) is 0 Å². The monoisotopic (exact) mass is 363 g/mol. The van der Waals surface area contributed by atoms with Gasteiger partial charge in [0.05, 0.1) is 17.6 Å². The zero-order valence-electron chi connectivity index (χ0n) is 14.4. The maximum Gasteiger partial charge on any atom is 0.293 e. The summed E-state index contributed by atoms with van der Waals surface area (Å²) in [4.78, 5) is 26.2. The standard InChI is InChI=1S/C17H21N3O4S/c1-12(16-5-4-10-25-16)19(2)17(21)13-6-7-14(18-8-9-24-3)15(11-13)20(22)23/h4-7,10-12,18H,8-9H2,1-3H3/t12-/m1/s1. The van der Waals surface area contributed by atoms with Gasteiger partial charge in [-0.2, -0.15) is 0 Å². The van der Waals surface area contributed by atoms with E-state index in [0.29, 0.717) is 18.8 Å². The van der Waals surface area contributed by atoms with E-state index in [9.17, 15) is 14.9 Å². The van der Waals surface area contributed by atoms with Gasteiger partial charge in [-0.25, -0.2) is 0 Å². The van der Waals surface area contributed by atoms with Crippen molar-refractivity contribution in [2.45, 2.75) is 13.0 Å². The highest BCUT2D eigenvalue weighted by Crippen LogP contribution is 2.28. The van der Waals surface area contributed by atoms with Gasteiger partial charge < -0.3 is 15.0 Å². The number of nitrogens with one attached hydrogen (secondary N) is 1. The van der Waals surface area contributed by atoms with Crippen LogP contribution in [0.15, 0.2) is 35.7 Å². The van der Waals surface area contributed by atoms with Crippen molar-refractivity contribution in [3.8, 4) is 0 Å². The van der Waals surface area contributed by atoms with Crippen LogP contribution in [-0.4, -0.2) is 43.0 Å². The van der Waals surface area contributed by atoms with E-state index in [2.05, 4.69) is 5.32 Å². The number of anilines is 1. The van der Waals surface area contributed by atoms with Crippen LogP contribution in [0.2, 0.25) is 0 Å². The molecule has 134 valence electrons. The quantitative estimate of drug-likeness (QED) is 0.440. The molecule has 0 fully saturated rings. The highest BCUT2D eigenvalue weighted by Gasteiger charge is 2.23. The van der Waals surface area contributed by atoms with Crippen molar-refractivity contribution < 1.29 is 14.5 Å². The van der Waals surface area contributed by atoms with Crippen molar-refractivity contribution in [2.24, 2.45) is 0 Å². The second-order valence-corrected chi connectivity index (χ2v) is 6.50. The van der Waals surface area contributed by atoms with Crippen molar-refractivity contribution in [2.75, 3.05) is 32.6 Å². The van der Waals surface area contributed by atoms with Gasteiger partial charge in [-0.05, 0) is 30.5 Å². The van der Waals surface area contributed by atoms with Gasteiger partial charge in [0.1, 0.15) is 5.69 Å². The summed E-state index contributed by atoms with van der Waals surface area (Å²) in [6.45, 7) is 2.80. The Morgan fingerprint density at radius 3 is 2.80 bits per heavy atom. The highest BCUT2D eigenvalue weighted by molar-refractivity contribution is 7.10. The first-order valence-corrected chi connectivity index (χ1v) is 8.65. The van der Waals surface area contributed by atoms with Gasteiger partial charge in [0, 0.05) is 37.2 Å². The zero-order valence-corrected chi connectivity index (χ0v) is 15.2. The molecule has 1 aromatic heterocycles. The number of carbonyl (C=O) groups is 1. The topological polar surface area (TPSA) is 84.7 Å². The predicted molar refractivity (Wildman–Crippen MR) is 98.3 cm³/mol. The van der Waals surface area contributed by atoms with Crippen molar-refractivity contribution in [3.05, 3.63) is 56.3 Å². The Balaban J connectivity index is 2.21. The van der Waals surface area contributed by atoms with E-state index in [1.54, 1.807) is 42.5 Å². The van der Waals surface area contributed by atoms with Crippen LogP contribution >= 0.6 is 11.3 Å². The molecule has 2 aromatic rings. The average molecular weight is 363 g/mol. The van der Waals surface area contributed by atoms with Crippen LogP contribution in [0.3, 0.4) is 0 Å². The van der Waals surface area contributed by atoms with Gasteiger partial charge in [0.15, 0.2) is 0 Å². The normalized spacial score (nSPS) is 11.8. The van der Waals surface area contributed by atoms with Gasteiger partial charge in [-0.3, -0.25) is 14.9 Å². The first-order chi connectivity index (χ1) is 12.0. The number of nitro benzene ring substituents is 1. The number of nitro groups is 1. The smallest absolute Gasteiger partial charge is 0.293 e. The molecular formula is C17H21N3O4S. The minimum absolute atomic E-state index is 0.105. The molecule has 0 aliphatic carbocycles. The molecule has 2 rings (SSSR count). The van der Waals surface area contributed by atoms with Crippen LogP contribution in [0.4, 0.5) is 11.4 Å². The van der Waals surface area contributed by atoms with Gasteiger partial charge in [0.25, 0.3) is 11.6 Å². The molecule has 0 radical (unpaired) electrons. The molecule has 1 heterocycles. The number of carbonyl (C=O) groups excluding carboxylic acids is 1. The molecule has 1 aromatic carbocycles. The van der Waals surface area contributed by atoms with E-state index < -0.39 is 4.92 Å². The van der Waals surface area contributed by atoms with Crippen LogP contribution in [-0.2, 0) is 4.74 Å². The molecule has 0 unspecified atom stereocenters. The molecule has 25 heavy (non-hydrogen) atoms.